The van der Waals surface area contributed by atoms with E-state index in [1.807, 2.05) is 13.0 Å². The highest BCUT2D eigenvalue weighted by Gasteiger charge is 2.11. The van der Waals surface area contributed by atoms with Gasteiger partial charge in [-0.3, -0.25) is 5.10 Å². The van der Waals surface area contributed by atoms with E-state index in [1.165, 1.54) is 0 Å². The third kappa shape index (κ3) is 2.19. The van der Waals surface area contributed by atoms with Crippen molar-refractivity contribution < 1.29 is 4.74 Å². The Morgan fingerprint density at radius 2 is 2.32 bits per heavy atom. The van der Waals surface area contributed by atoms with E-state index < -0.39 is 0 Å². The molecule has 0 aromatic carbocycles. The second kappa shape index (κ2) is 4.77. The fourth-order valence-electron chi connectivity index (χ4n) is 1.69. The molecule has 0 aliphatic heterocycles. The summed E-state index contributed by atoms with van der Waals surface area (Å²) >= 11 is 5.91. The van der Waals surface area contributed by atoms with Gasteiger partial charge in [0.25, 0.3) is 0 Å². The van der Waals surface area contributed by atoms with E-state index in [-0.39, 0.29) is 0 Å². The van der Waals surface area contributed by atoms with Crippen LogP contribution >= 0.6 is 11.6 Å². The molecule has 3 aromatic heterocycles. The average molecular weight is 279 g/mol. The van der Waals surface area contributed by atoms with E-state index in [4.69, 9.17) is 16.3 Å². The zero-order chi connectivity index (χ0) is 13.2. The monoisotopic (exact) mass is 278 g/mol. The predicted octanol–water partition coefficient (Wildman–Crippen LogP) is 2.48. The number of ether oxygens (including phenoxy) is 1. The van der Waals surface area contributed by atoms with Crippen molar-refractivity contribution in [1.29, 1.82) is 0 Å². The van der Waals surface area contributed by atoms with E-state index >= 15 is 0 Å². The minimum Gasteiger partial charge on any atom is -0.477 e. The number of hydrogen-bond acceptors (Lipinski definition) is 5. The molecule has 0 spiro atoms. The van der Waals surface area contributed by atoms with Gasteiger partial charge < -0.3 is 15.0 Å². The predicted molar refractivity (Wildman–Crippen MR) is 71.9 cm³/mol. The summed E-state index contributed by atoms with van der Waals surface area (Å²) in [5, 5.41) is 10.7. The van der Waals surface area contributed by atoms with Crippen LogP contribution in [0.25, 0.3) is 11.0 Å². The first-order chi connectivity index (χ1) is 9.28. The Morgan fingerprint density at radius 1 is 1.42 bits per heavy atom. The molecule has 0 aliphatic rings. The van der Waals surface area contributed by atoms with Crippen LogP contribution in [0.1, 0.15) is 6.92 Å². The Hall–Kier alpha value is -2.28. The smallest absolute Gasteiger partial charge is 0.232 e. The molecule has 3 aromatic rings. The summed E-state index contributed by atoms with van der Waals surface area (Å²) in [6.07, 6.45) is 3.35. The van der Waals surface area contributed by atoms with Crippen LogP contribution in [-0.2, 0) is 0 Å². The number of fused-ring (bicyclic) bond motifs is 1. The van der Waals surface area contributed by atoms with Crippen molar-refractivity contribution in [2.24, 2.45) is 0 Å². The second-order valence-corrected chi connectivity index (χ2v) is 4.13. The zero-order valence-electron chi connectivity index (χ0n) is 10.1. The minimum atomic E-state index is 0.390. The van der Waals surface area contributed by atoms with Gasteiger partial charge in [0.1, 0.15) is 10.8 Å². The van der Waals surface area contributed by atoms with Gasteiger partial charge in [0, 0.05) is 6.20 Å². The lowest BCUT2D eigenvalue weighted by atomic mass is 10.4. The second-order valence-electron chi connectivity index (χ2n) is 3.75. The van der Waals surface area contributed by atoms with Crippen molar-refractivity contribution in [3.63, 3.8) is 0 Å². The van der Waals surface area contributed by atoms with Gasteiger partial charge in [-0.1, -0.05) is 11.6 Å². The molecule has 0 saturated carbocycles. The van der Waals surface area contributed by atoms with E-state index in [2.05, 4.69) is 30.5 Å². The van der Waals surface area contributed by atoms with Gasteiger partial charge in [0.2, 0.25) is 11.8 Å². The maximum atomic E-state index is 5.91. The molecule has 98 valence electrons. The van der Waals surface area contributed by atoms with Crippen LogP contribution in [0.2, 0.25) is 5.15 Å². The highest BCUT2D eigenvalue weighted by Crippen LogP contribution is 2.26. The molecule has 0 atom stereocenters. The van der Waals surface area contributed by atoms with E-state index in [1.54, 1.807) is 12.4 Å². The largest absolute Gasteiger partial charge is 0.477 e. The van der Waals surface area contributed by atoms with Crippen LogP contribution < -0.4 is 10.1 Å². The molecule has 0 amide bonds. The summed E-state index contributed by atoms with van der Waals surface area (Å²) in [6.45, 7) is 2.43. The third-order valence-corrected chi connectivity index (χ3v) is 2.79. The maximum absolute atomic E-state index is 5.91. The van der Waals surface area contributed by atoms with Crippen molar-refractivity contribution in [2.75, 3.05) is 11.9 Å². The minimum absolute atomic E-state index is 0.390. The van der Waals surface area contributed by atoms with Gasteiger partial charge in [-0.2, -0.15) is 15.1 Å². The quantitative estimate of drug-likeness (QED) is 0.682. The average Bonchev–Trinajstić information content (AvgIpc) is 3.00. The number of hydrogen-bond donors (Lipinski definition) is 3. The first kappa shape index (κ1) is 11.8. The molecule has 0 radical (unpaired) electrons. The molecule has 0 saturated heterocycles. The first-order valence-electron chi connectivity index (χ1n) is 5.71. The summed E-state index contributed by atoms with van der Waals surface area (Å²) in [6, 6.07) is 1.87. The van der Waals surface area contributed by atoms with Gasteiger partial charge in [0.05, 0.1) is 23.9 Å². The lowest BCUT2D eigenvalue weighted by molar-refractivity contribution is 0.331. The van der Waals surface area contributed by atoms with Gasteiger partial charge in [-0.25, -0.2) is 0 Å². The number of halogens is 1. The van der Waals surface area contributed by atoms with E-state index in [0.717, 1.165) is 5.39 Å². The van der Waals surface area contributed by atoms with E-state index in [0.29, 0.717) is 34.9 Å². The molecule has 0 aliphatic carbocycles. The van der Waals surface area contributed by atoms with Crippen LogP contribution in [0.15, 0.2) is 18.5 Å². The number of H-pyrrole nitrogens is 2. The topological polar surface area (TPSA) is 91.5 Å². The highest BCUT2D eigenvalue weighted by molar-refractivity contribution is 6.32. The van der Waals surface area contributed by atoms with Crippen molar-refractivity contribution in [3.05, 3.63) is 23.6 Å². The Kier molecular flexibility index (Phi) is 2.96. The highest BCUT2D eigenvalue weighted by atomic mass is 35.5. The van der Waals surface area contributed by atoms with Crippen LogP contribution in [0.5, 0.6) is 5.88 Å². The SMILES string of the molecule is CCOc1nc(Nc2cn[nH]c2Cl)nc2[nH]ccc12. The summed E-state index contributed by atoms with van der Waals surface area (Å²) in [5.41, 5.74) is 1.30. The summed E-state index contributed by atoms with van der Waals surface area (Å²) in [4.78, 5) is 11.7. The Labute approximate surface area is 113 Å². The maximum Gasteiger partial charge on any atom is 0.232 e. The standard InChI is InChI=1S/C11H11ClN6O/c1-2-19-10-6-3-4-13-9(6)16-11(17-10)15-7-5-14-18-8(7)12/h3-5H,2H2,1H3,(H,14,18)(H2,13,15,16,17). The van der Waals surface area contributed by atoms with Gasteiger partial charge in [-0.05, 0) is 13.0 Å². The molecule has 19 heavy (non-hydrogen) atoms. The summed E-state index contributed by atoms with van der Waals surface area (Å²) in [7, 11) is 0. The molecule has 3 N–H and O–H groups in total. The first-order valence-corrected chi connectivity index (χ1v) is 6.09. The van der Waals surface area contributed by atoms with Crippen molar-refractivity contribution in [1.82, 2.24) is 25.1 Å². The lowest BCUT2D eigenvalue weighted by Gasteiger charge is -2.07. The van der Waals surface area contributed by atoms with Gasteiger partial charge in [0.15, 0.2) is 0 Å². The Morgan fingerprint density at radius 3 is 3.05 bits per heavy atom. The number of anilines is 2. The van der Waals surface area contributed by atoms with Crippen molar-refractivity contribution >= 4 is 34.3 Å². The molecule has 3 heterocycles. The fraction of sp³-hybridized carbons (Fsp3) is 0.182. The summed E-state index contributed by atoms with van der Waals surface area (Å²) in [5.74, 6) is 0.914. The zero-order valence-corrected chi connectivity index (χ0v) is 10.8. The third-order valence-electron chi connectivity index (χ3n) is 2.50. The molecule has 0 fully saturated rings. The normalized spacial score (nSPS) is 10.8. The molecule has 0 bridgehead atoms. The number of rotatable bonds is 4. The number of aromatic amines is 2. The van der Waals surface area contributed by atoms with Crippen LogP contribution in [-0.4, -0.2) is 31.8 Å². The molecule has 8 heteroatoms. The van der Waals surface area contributed by atoms with Crippen molar-refractivity contribution in [3.8, 4) is 5.88 Å². The van der Waals surface area contributed by atoms with Crippen LogP contribution in [0.4, 0.5) is 11.6 Å². The number of nitrogens with one attached hydrogen (secondary N) is 3. The summed E-state index contributed by atoms with van der Waals surface area (Å²) < 4.78 is 5.50. The molecular weight excluding hydrogens is 268 g/mol. The Balaban J connectivity index is 2.01. The van der Waals surface area contributed by atoms with Crippen LogP contribution in [0.3, 0.4) is 0 Å². The van der Waals surface area contributed by atoms with Gasteiger partial charge in [-0.15, -0.1) is 0 Å². The number of nitrogens with zero attached hydrogens (tertiary/aromatic N) is 3. The lowest BCUT2D eigenvalue weighted by Crippen LogP contribution is -2.01. The molecule has 3 rings (SSSR count). The van der Waals surface area contributed by atoms with E-state index in [9.17, 15) is 0 Å². The van der Waals surface area contributed by atoms with Crippen molar-refractivity contribution in [2.45, 2.75) is 6.92 Å². The molecule has 7 nitrogen and oxygen atoms in total. The number of aromatic nitrogens is 5. The Bertz CT molecular complexity index is 706. The fourth-order valence-corrected chi connectivity index (χ4v) is 1.84. The molecular formula is C11H11ClN6O. The van der Waals surface area contributed by atoms with Gasteiger partial charge >= 0.3 is 0 Å². The van der Waals surface area contributed by atoms with Crippen LogP contribution in [0, 0.1) is 0 Å². The molecule has 0 unspecified atom stereocenters.